The first-order valence-corrected chi connectivity index (χ1v) is 13.5. The number of likely N-dealkylation sites (N-methyl/N-ethyl adjacent to an activating group) is 1. The van der Waals surface area contributed by atoms with Crippen molar-refractivity contribution in [3.8, 4) is 11.1 Å². The Kier molecular flexibility index (Phi) is 10.7. The van der Waals surface area contributed by atoms with Crippen molar-refractivity contribution in [1.82, 2.24) is 10.2 Å². The average Bonchev–Trinajstić information content (AvgIpc) is 2.99. The Bertz CT molecular complexity index is 1260. The van der Waals surface area contributed by atoms with Gasteiger partial charge in [-0.2, -0.15) is 0 Å². The van der Waals surface area contributed by atoms with Crippen LogP contribution in [0.15, 0.2) is 98.1 Å². The molecule has 3 aromatic carbocycles. The van der Waals surface area contributed by atoms with Gasteiger partial charge in [-0.25, -0.2) is 4.79 Å². The predicted molar refractivity (Wildman–Crippen MR) is 156 cm³/mol. The molecule has 4 rings (SSSR count). The molecule has 210 valence electrons. The smallest absolute Gasteiger partial charge is 0.407 e. The Morgan fingerprint density at radius 2 is 1.75 bits per heavy atom. The van der Waals surface area contributed by atoms with E-state index in [1.807, 2.05) is 66.7 Å². The Morgan fingerprint density at radius 1 is 1.00 bits per heavy atom. The van der Waals surface area contributed by atoms with Crippen LogP contribution in [0, 0.1) is 0 Å². The summed E-state index contributed by atoms with van der Waals surface area (Å²) in [5.74, 6) is 0. The van der Waals surface area contributed by atoms with Gasteiger partial charge in [0.1, 0.15) is 6.61 Å². The number of rotatable bonds is 12. The normalized spacial score (nSPS) is 18.7. The SMILES string of the molecule is C=CCOC(=O)NCc1cccc(-c2ccc(C3OC(CN(C)CC=C)CC(c4ccc(CO)cc4)O3)cc2)c1. The zero-order valence-corrected chi connectivity index (χ0v) is 23.0. The molecule has 1 heterocycles. The number of aliphatic hydroxyl groups is 1. The largest absolute Gasteiger partial charge is 0.445 e. The molecule has 7 heteroatoms. The molecule has 1 aliphatic rings. The third-order valence-electron chi connectivity index (χ3n) is 6.78. The molecule has 2 N–H and O–H groups in total. The lowest BCUT2D eigenvalue weighted by Crippen LogP contribution is -2.37. The minimum atomic E-state index is -0.510. The van der Waals surface area contributed by atoms with E-state index in [4.69, 9.17) is 14.2 Å². The fourth-order valence-electron chi connectivity index (χ4n) is 4.73. The van der Waals surface area contributed by atoms with E-state index in [2.05, 4.69) is 42.6 Å². The molecule has 1 fully saturated rings. The maximum atomic E-state index is 11.8. The second-order valence-electron chi connectivity index (χ2n) is 9.92. The van der Waals surface area contributed by atoms with E-state index < -0.39 is 12.4 Å². The fraction of sp³-hybridized carbons (Fsp3) is 0.303. The highest BCUT2D eigenvalue weighted by molar-refractivity contribution is 5.68. The summed E-state index contributed by atoms with van der Waals surface area (Å²) in [6, 6.07) is 24.1. The van der Waals surface area contributed by atoms with Gasteiger partial charge in [-0.15, -0.1) is 6.58 Å². The second kappa shape index (κ2) is 14.6. The lowest BCUT2D eigenvalue weighted by atomic mass is 9.99. The number of hydrogen-bond donors (Lipinski definition) is 2. The van der Waals surface area contributed by atoms with Crippen molar-refractivity contribution in [2.75, 3.05) is 26.7 Å². The molecule has 0 radical (unpaired) electrons. The van der Waals surface area contributed by atoms with Crippen molar-refractivity contribution < 1.29 is 24.1 Å². The van der Waals surface area contributed by atoms with E-state index in [1.54, 1.807) is 0 Å². The molecule has 0 aromatic heterocycles. The first-order chi connectivity index (χ1) is 19.5. The average molecular weight is 543 g/mol. The van der Waals surface area contributed by atoms with Crippen molar-refractivity contribution in [3.05, 3.63) is 120 Å². The van der Waals surface area contributed by atoms with E-state index in [-0.39, 0.29) is 25.4 Å². The van der Waals surface area contributed by atoms with Crippen molar-refractivity contribution in [2.45, 2.75) is 38.1 Å². The third kappa shape index (κ3) is 8.13. The predicted octanol–water partition coefficient (Wildman–Crippen LogP) is 5.92. The molecule has 40 heavy (non-hydrogen) atoms. The molecule has 0 bridgehead atoms. The monoisotopic (exact) mass is 542 g/mol. The minimum absolute atomic E-state index is 0.0144. The number of hydrogen-bond acceptors (Lipinski definition) is 6. The molecular formula is C33H38N2O5. The standard InChI is InChI=1S/C33H38N2O5/c1-4-17-35(3)22-30-20-31(27-11-9-24(23-36)10-12-27)40-32(39-30)28-15-13-26(14-16-28)29-8-6-7-25(19-29)21-34-33(37)38-18-5-2/h4-16,19,30-32,36H,1-2,17-18,20-23H2,3H3,(H,34,37). The number of nitrogens with one attached hydrogen (secondary N) is 1. The fourth-order valence-corrected chi connectivity index (χ4v) is 4.73. The lowest BCUT2D eigenvalue weighted by molar-refractivity contribution is -0.252. The highest BCUT2D eigenvalue weighted by Gasteiger charge is 2.32. The molecule has 1 aliphatic heterocycles. The molecule has 7 nitrogen and oxygen atoms in total. The Hall–Kier alpha value is -3.75. The van der Waals surface area contributed by atoms with Crippen LogP contribution >= 0.6 is 0 Å². The molecule has 0 spiro atoms. The lowest BCUT2D eigenvalue weighted by Gasteiger charge is -2.37. The third-order valence-corrected chi connectivity index (χ3v) is 6.78. The Labute approximate surface area is 236 Å². The van der Waals surface area contributed by atoms with Crippen LogP contribution in [-0.2, 0) is 27.4 Å². The summed E-state index contributed by atoms with van der Waals surface area (Å²) in [5, 5.41) is 12.2. The van der Waals surface area contributed by atoms with Gasteiger partial charge in [0.25, 0.3) is 0 Å². The number of carbonyl (C=O) groups excluding carboxylic acids is 1. The highest BCUT2D eigenvalue weighted by atomic mass is 16.7. The summed E-state index contributed by atoms with van der Waals surface area (Å²) in [6.45, 7) is 9.49. The molecule has 0 saturated carbocycles. The van der Waals surface area contributed by atoms with Crippen LogP contribution in [0.2, 0.25) is 0 Å². The molecule has 1 saturated heterocycles. The number of alkyl carbamates (subject to hydrolysis) is 1. The van der Waals surface area contributed by atoms with Crippen molar-refractivity contribution in [3.63, 3.8) is 0 Å². The summed E-state index contributed by atoms with van der Waals surface area (Å²) in [5.41, 5.74) is 5.95. The number of aliphatic hydroxyl groups excluding tert-OH is 1. The van der Waals surface area contributed by atoms with Gasteiger partial charge in [-0.3, -0.25) is 0 Å². The van der Waals surface area contributed by atoms with Crippen molar-refractivity contribution in [2.24, 2.45) is 0 Å². The van der Waals surface area contributed by atoms with Gasteiger partial charge in [0, 0.05) is 31.6 Å². The van der Waals surface area contributed by atoms with E-state index in [1.165, 1.54) is 6.08 Å². The van der Waals surface area contributed by atoms with E-state index in [0.717, 1.165) is 52.9 Å². The molecular weight excluding hydrogens is 504 g/mol. The Balaban J connectivity index is 1.48. The van der Waals surface area contributed by atoms with Crippen LogP contribution in [0.1, 0.15) is 41.1 Å². The van der Waals surface area contributed by atoms with E-state index in [9.17, 15) is 9.90 Å². The summed E-state index contributed by atoms with van der Waals surface area (Å²) >= 11 is 0. The van der Waals surface area contributed by atoms with Crippen LogP contribution in [0.4, 0.5) is 4.79 Å². The summed E-state index contributed by atoms with van der Waals surface area (Å²) in [6.07, 6.45) is 3.02. The van der Waals surface area contributed by atoms with Gasteiger partial charge >= 0.3 is 6.09 Å². The topological polar surface area (TPSA) is 80.3 Å². The van der Waals surface area contributed by atoms with Crippen LogP contribution in [0.3, 0.4) is 0 Å². The van der Waals surface area contributed by atoms with Gasteiger partial charge in [-0.1, -0.05) is 85.5 Å². The van der Waals surface area contributed by atoms with Crippen LogP contribution in [-0.4, -0.2) is 48.9 Å². The Morgan fingerprint density at radius 3 is 2.45 bits per heavy atom. The van der Waals surface area contributed by atoms with Crippen LogP contribution in [0.5, 0.6) is 0 Å². The van der Waals surface area contributed by atoms with Crippen LogP contribution in [0.25, 0.3) is 11.1 Å². The van der Waals surface area contributed by atoms with Gasteiger partial charge in [-0.05, 0) is 40.9 Å². The van der Waals surface area contributed by atoms with Gasteiger partial charge in [0.2, 0.25) is 0 Å². The van der Waals surface area contributed by atoms with Crippen LogP contribution < -0.4 is 5.32 Å². The van der Waals surface area contributed by atoms with Gasteiger partial charge in [0.15, 0.2) is 6.29 Å². The number of amides is 1. The molecule has 3 aromatic rings. The summed E-state index contributed by atoms with van der Waals surface area (Å²) < 4.78 is 17.9. The maximum absolute atomic E-state index is 11.8. The minimum Gasteiger partial charge on any atom is -0.445 e. The first kappa shape index (κ1) is 29.2. The number of nitrogens with zero attached hydrogens (tertiary/aromatic N) is 1. The first-order valence-electron chi connectivity index (χ1n) is 13.5. The maximum Gasteiger partial charge on any atom is 0.407 e. The zero-order valence-electron chi connectivity index (χ0n) is 23.0. The number of carbonyl (C=O) groups is 1. The molecule has 0 aliphatic carbocycles. The summed E-state index contributed by atoms with van der Waals surface area (Å²) in [7, 11) is 2.06. The second-order valence-corrected chi connectivity index (χ2v) is 9.92. The molecule has 3 atom stereocenters. The molecule has 1 amide bonds. The number of ether oxygens (including phenoxy) is 3. The van der Waals surface area contributed by atoms with Gasteiger partial charge in [0.05, 0.1) is 18.8 Å². The highest BCUT2D eigenvalue weighted by Crippen LogP contribution is 2.38. The quantitative estimate of drug-likeness (QED) is 0.277. The summed E-state index contributed by atoms with van der Waals surface area (Å²) in [4.78, 5) is 13.9. The van der Waals surface area contributed by atoms with Crippen molar-refractivity contribution in [1.29, 1.82) is 0 Å². The number of benzene rings is 3. The zero-order chi connectivity index (χ0) is 28.3. The van der Waals surface area contributed by atoms with E-state index in [0.29, 0.717) is 6.54 Å². The van der Waals surface area contributed by atoms with Crippen molar-refractivity contribution >= 4 is 6.09 Å². The van der Waals surface area contributed by atoms with E-state index >= 15 is 0 Å². The van der Waals surface area contributed by atoms with Gasteiger partial charge < -0.3 is 29.5 Å². The molecule has 3 unspecified atom stereocenters.